The van der Waals surface area contributed by atoms with Gasteiger partial charge in [-0.2, -0.15) is 0 Å². The molecule has 0 saturated carbocycles. The Morgan fingerprint density at radius 2 is 2.03 bits per heavy atom. The van der Waals surface area contributed by atoms with E-state index in [1.54, 1.807) is 11.5 Å². The fourth-order valence-corrected chi connectivity index (χ4v) is 6.22. The molecule has 1 fully saturated rings. The number of rotatable bonds is 10. The second kappa shape index (κ2) is 10.2. The molecule has 0 aromatic heterocycles. The number of benzene rings is 1. The Kier molecular flexibility index (Phi) is 7.78. The number of fused-ring (bicyclic) bond motifs is 1. The van der Waals surface area contributed by atoms with Crippen LogP contribution >= 0.6 is 11.8 Å². The van der Waals surface area contributed by atoms with Crippen LogP contribution < -0.4 is 0 Å². The molecule has 0 aliphatic carbocycles. The smallest absolute Gasteiger partial charge is 0.356 e. The lowest BCUT2D eigenvalue weighted by atomic mass is 9.83. The molecule has 3 rings (SSSR count). The molecule has 3 atom stereocenters. The summed E-state index contributed by atoms with van der Waals surface area (Å²) < 4.78 is 11.6. The predicted molar refractivity (Wildman–Crippen MR) is 126 cm³/mol. The van der Waals surface area contributed by atoms with Crippen LogP contribution in [0.4, 0.5) is 5.69 Å². The summed E-state index contributed by atoms with van der Waals surface area (Å²) in [6, 6.07) is 5.57. The molecule has 2 aliphatic heterocycles. The number of nitrogens with zero attached hydrogens (tertiary/aromatic N) is 2. The summed E-state index contributed by atoms with van der Waals surface area (Å²) in [5.41, 5.74) is 0.770. The third kappa shape index (κ3) is 5.72. The number of amides is 1. The summed E-state index contributed by atoms with van der Waals surface area (Å²) in [6.45, 7) is 7.91. The van der Waals surface area contributed by atoms with Gasteiger partial charge in [-0.05, 0) is 49.7 Å². The van der Waals surface area contributed by atoms with Crippen molar-refractivity contribution in [3.63, 3.8) is 0 Å². The van der Waals surface area contributed by atoms with E-state index in [-0.39, 0.29) is 48.6 Å². The largest absolute Gasteiger partial charge is 0.456 e. The molecule has 2 heterocycles. The first kappa shape index (κ1) is 25.2. The molecule has 0 unspecified atom stereocenters. The molecule has 1 aromatic rings. The van der Waals surface area contributed by atoms with E-state index in [9.17, 15) is 19.7 Å². The van der Waals surface area contributed by atoms with E-state index in [1.165, 1.54) is 40.9 Å². The summed E-state index contributed by atoms with van der Waals surface area (Å²) in [7, 11) is -1.84. The van der Waals surface area contributed by atoms with Crippen LogP contribution in [0.1, 0.15) is 18.9 Å². The molecule has 33 heavy (non-hydrogen) atoms. The van der Waals surface area contributed by atoms with Gasteiger partial charge in [0.25, 0.3) is 5.69 Å². The van der Waals surface area contributed by atoms with Gasteiger partial charge in [-0.25, -0.2) is 4.79 Å². The minimum atomic E-state index is -1.84. The maximum atomic E-state index is 13.0. The average molecular weight is 493 g/mol. The van der Waals surface area contributed by atoms with Gasteiger partial charge >= 0.3 is 5.97 Å². The number of nitro groups is 1. The molecule has 2 aliphatic rings. The fraction of sp³-hybridized carbons (Fsp3) is 0.455. The highest BCUT2D eigenvalue weighted by molar-refractivity contribution is 8.05. The normalized spacial score (nSPS) is 21.2. The molecular formula is C22H28N2O7SSi. The monoisotopic (exact) mass is 492 g/mol. The number of carbonyl (C=O) groups excluding carboxylic acids is 2. The van der Waals surface area contributed by atoms with E-state index < -0.39 is 19.2 Å². The van der Waals surface area contributed by atoms with Gasteiger partial charge in [0.15, 0.2) is 8.32 Å². The number of aliphatic hydroxyl groups excluding tert-OH is 1. The second-order valence-corrected chi connectivity index (χ2v) is 14.3. The van der Waals surface area contributed by atoms with Crippen molar-refractivity contribution in [3.05, 3.63) is 62.0 Å². The van der Waals surface area contributed by atoms with Gasteiger partial charge in [0.05, 0.1) is 29.6 Å². The van der Waals surface area contributed by atoms with E-state index in [1.807, 2.05) is 6.92 Å². The standard InChI is InChI=1S/C22H28N2O7SSi/c1-14(31-33(2,3)4)19-17-12-18(32-11-5-10-25)20(23(17)21(19)26)22(27)30-13-15-6-8-16(9-7-15)24(28)29/h5-9,11,14,17,19,25H,10,12-13H2,1-4H3/b11-5-/t14-,17+,19-/m0/s1. The first-order chi connectivity index (χ1) is 15.5. The lowest BCUT2D eigenvalue weighted by molar-refractivity contribution is -0.384. The van der Waals surface area contributed by atoms with Crippen molar-refractivity contribution in [1.29, 1.82) is 0 Å². The lowest BCUT2D eigenvalue weighted by Crippen LogP contribution is -2.63. The molecule has 0 radical (unpaired) electrons. The Labute approximate surface area is 197 Å². The minimum Gasteiger partial charge on any atom is -0.456 e. The van der Waals surface area contributed by atoms with Gasteiger partial charge in [-0.3, -0.25) is 14.9 Å². The number of thioether (sulfide) groups is 1. The number of carbonyl (C=O) groups is 2. The summed E-state index contributed by atoms with van der Waals surface area (Å²) in [5, 5.41) is 21.5. The number of β-lactam (4-membered cyclic amide) rings is 1. The molecule has 0 bridgehead atoms. The zero-order valence-corrected chi connectivity index (χ0v) is 20.8. The molecule has 1 N–H and O–H groups in total. The van der Waals surface area contributed by atoms with Crippen LogP contribution in [-0.4, -0.2) is 53.9 Å². The van der Waals surface area contributed by atoms with Gasteiger partial charge in [0, 0.05) is 23.5 Å². The Hall–Kier alpha value is -2.47. The molecular weight excluding hydrogens is 464 g/mol. The van der Waals surface area contributed by atoms with Crippen LogP contribution in [0.25, 0.3) is 0 Å². The molecule has 1 amide bonds. The SMILES string of the molecule is C[C@H](O[Si](C)(C)C)[C@@H]1C(=O)N2C(C(=O)OCc3ccc([N+](=O)[O-])cc3)=C(S/C=C\CO)C[C@H]12. The Morgan fingerprint density at radius 3 is 2.61 bits per heavy atom. The van der Waals surface area contributed by atoms with Crippen molar-refractivity contribution in [1.82, 2.24) is 4.90 Å². The van der Waals surface area contributed by atoms with Gasteiger partial charge < -0.3 is 19.2 Å². The second-order valence-electron chi connectivity index (χ2n) is 8.88. The number of aliphatic hydroxyl groups is 1. The van der Waals surface area contributed by atoms with Crippen molar-refractivity contribution >= 4 is 37.6 Å². The van der Waals surface area contributed by atoms with Crippen molar-refractivity contribution in [2.24, 2.45) is 5.92 Å². The van der Waals surface area contributed by atoms with Crippen LogP contribution in [-0.2, 0) is 25.4 Å². The Morgan fingerprint density at radius 1 is 1.36 bits per heavy atom. The van der Waals surface area contributed by atoms with E-state index in [0.29, 0.717) is 16.9 Å². The van der Waals surface area contributed by atoms with Crippen LogP contribution in [0.2, 0.25) is 19.6 Å². The fourth-order valence-electron chi connectivity index (χ4n) is 4.05. The van der Waals surface area contributed by atoms with E-state index in [4.69, 9.17) is 14.3 Å². The van der Waals surface area contributed by atoms with Crippen LogP contribution in [0.15, 0.2) is 46.4 Å². The first-order valence-electron chi connectivity index (χ1n) is 10.6. The highest BCUT2D eigenvalue weighted by Gasteiger charge is 2.57. The molecule has 1 aromatic carbocycles. The van der Waals surface area contributed by atoms with Crippen molar-refractivity contribution in [2.45, 2.75) is 51.7 Å². The topological polar surface area (TPSA) is 119 Å². The molecule has 9 nitrogen and oxygen atoms in total. The third-order valence-corrected chi connectivity index (χ3v) is 7.39. The summed E-state index contributed by atoms with van der Waals surface area (Å²) >= 11 is 1.29. The molecule has 11 heteroatoms. The van der Waals surface area contributed by atoms with Gasteiger partial charge in [-0.1, -0.05) is 6.08 Å². The Balaban J connectivity index is 1.74. The highest BCUT2D eigenvalue weighted by Crippen LogP contribution is 2.48. The minimum absolute atomic E-state index is 0.0485. The lowest BCUT2D eigenvalue weighted by Gasteiger charge is -2.47. The molecule has 1 saturated heterocycles. The van der Waals surface area contributed by atoms with Gasteiger partial charge in [0.1, 0.15) is 12.3 Å². The number of hydrogen-bond donors (Lipinski definition) is 1. The highest BCUT2D eigenvalue weighted by atomic mass is 32.2. The van der Waals surface area contributed by atoms with Crippen LogP contribution in [0.5, 0.6) is 0 Å². The summed E-state index contributed by atoms with van der Waals surface area (Å²) in [5.74, 6) is -1.11. The Bertz CT molecular complexity index is 987. The van der Waals surface area contributed by atoms with Gasteiger partial charge in [-0.15, -0.1) is 11.8 Å². The number of non-ortho nitro benzene ring substituents is 1. The van der Waals surface area contributed by atoms with Crippen LogP contribution in [0.3, 0.4) is 0 Å². The quantitative estimate of drug-likeness (QED) is 0.173. The number of esters is 1. The third-order valence-electron chi connectivity index (χ3n) is 5.34. The zero-order valence-electron chi connectivity index (χ0n) is 19.0. The number of nitro benzene ring substituents is 1. The predicted octanol–water partition coefficient (Wildman–Crippen LogP) is 3.56. The van der Waals surface area contributed by atoms with Crippen LogP contribution in [0, 0.1) is 16.0 Å². The maximum Gasteiger partial charge on any atom is 0.356 e. The molecule has 0 spiro atoms. The van der Waals surface area contributed by atoms with E-state index in [2.05, 4.69) is 19.6 Å². The average Bonchev–Trinajstić information content (AvgIpc) is 3.05. The summed E-state index contributed by atoms with van der Waals surface area (Å²) in [4.78, 5) is 38.5. The zero-order chi connectivity index (χ0) is 24.3. The number of hydrogen-bond acceptors (Lipinski definition) is 8. The van der Waals surface area contributed by atoms with Crippen molar-refractivity contribution in [3.8, 4) is 0 Å². The van der Waals surface area contributed by atoms with Crippen molar-refractivity contribution < 1.29 is 28.8 Å². The maximum absolute atomic E-state index is 13.0. The first-order valence-corrected chi connectivity index (χ1v) is 14.9. The van der Waals surface area contributed by atoms with Crippen molar-refractivity contribution in [2.75, 3.05) is 6.61 Å². The van der Waals surface area contributed by atoms with Gasteiger partial charge in [0.2, 0.25) is 5.91 Å². The summed E-state index contributed by atoms with van der Waals surface area (Å²) in [6.07, 6.45) is 1.82. The van der Waals surface area contributed by atoms with E-state index in [0.717, 1.165) is 0 Å². The molecule has 178 valence electrons. The van der Waals surface area contributed by atoms with E-state index >= 15 is 0 Å². The number of ether oxygens (including phenoxy) is 1.